The van der Waals surface area contributed by atoms with Crippen LogP contribution in [-0.2, 0) is 4.79 Å². The van der Waals surface area contributed by atoms with Crippen molar-refractivity contribution < 1.29 is 9.72 Å². The van der Waals surface area contributed by atoms with Crippen molar-refractivity contribution in [3.8, 4) is 0 Å². The van der Waals surface area contributed by atoms with Crippen molar-refractivity contribution in [2.24, 2.45) is 5.73 Å². The molecule has 0 aromatic heterocycles. The van der Waals surface area contributed by atoms with Crippen LogP contribution in [0.15, 0.2) is 12.3 Å². The number of amides is 1. The molecule has 0 bridgehead atoms. The van der Waals surface area contributed by atoms with Crippen molar-refractivity contribution in [3.63, 3.8) is 0 Å². The molecule has 1 amide bonds. The van der Waals surface area contributed by atoms with Crippen LogP contribution in [0.3, 0.4) is 0 Å². The van der Waals surface area contributed by atoms with E-state index in [1.54, 1.807) is 0 Å². The minimum Gasteiger partial charge on any atom is -0.369 e. The number of carbonyl (C=O) groups is 1. The Bertz CT molecular complexity index is 152. The van der Waals surface area contributed by atoms with Crippen LogP contribution in [0.2, 0.25) is 0 Å². The van der Waals surface area contributed by atoms with E-state index >= 15 is 0 Å². The summed E-state index contributed by atoms with van der Waals surface area (Å²) in [6.07, 6.45) is 1.70. The smallest absolute Gasteiger partial charge is 0.230 e. The van der Waals surface area contributed by atoms with E-state index in [1.165, 1.54) is 0 Å². The van der Waals surface area contributed by atoms with E-state index in [4.69, 9.17) is 0 Å². The molecule has 9 heavy (non-hydrogen) atoms. The molecule has 0 rings (SSSR count). The van der Waals surface area contributed by atoms with E-state index in [1.807, 2.05) is 0 Å². The normalized spacial score (nSPS) is 9.78. The van der Waals surface area contributed by atoms with Gasteiger partial charge in [-0.15, -0.1) is 0 Å². The fourth-order valence-corrected chi connectivity index (χ4v) is 0.255. The average Bonchev–Trinajstić information content (AvgIpc) is 1.63. The Labute approximate surface area is 51.3 Å². The molecule has 0 radical (unpaired) electrons. The van der Waals surface area contributed by atoms with Crippen LogP contribution >= 0.6 is 0 Å². The summed E-state index contributed by atoms with van der Waals surface area (Å²) in [6.45, 7) is 0. The second-order valence-electron chi connectivity index (χ2n) is 1.34. The molecule has 0 aromatic carbocycles. The maximum absolute atomic E-state index is 9.93. The molecule has 5 nitrogen and oxygen atoms in total. The highest BCUT2D eigenvalue weighted by Crippen LogP contribution is 1.79. The van der Waals surface area contributed by atoms with Crippen molar-refractivity contribution in [1.29, 1.82) is 0 Å². The van der Waals surface area contributed by atoms with Crippen LogP contribution in [0.1, 0.15) is 6.42 Å². The van der Waals surface area contributed by atoms with Gasteiger partial charge in [-0.2, -0.15) is 0 Å². The maximum Gasteiger partial charge on any atom is 0.230 e. The zero-order valence-corrected chi connectivity index (χ0v) is 4.61. The topological polar surface area (TPSA) is 86.2 Å². The summed E-state index contributed by atoms with van der Waals surface area (Å²) < 4.78 is 0. The number of carbonyl (C=O) groups excluding carboxylic acids is 1. The van der Waals surface area contributed by atoms with E-state index in [0.717, 1.165) is 6.08 Å². The lowest BCUT2D eigenvalue weighted by Gasteiger charge is -1.79. The molecule has 2 N–H and O–H groups in total. The number of nitrogens with zero attached hydrogens (tertiary/aromatic N) is 1. The Balaban J connectivity index is 3.48. The van der Waals surface area contributed by atoms with E-state index < -0.39 is 10.8 Å². The third-order valence-electron chi connectivity index (χ3n) is 0.546. The molecule has 0 spiro atoms. The standard InChI is InChI=1S/C4H6N2O3/c5-4(7)2-1-3-6(8)9/h1,3H,2H2,(H2,5,7)/b3-1-. The Morgan fingerprint density at radius 1 is 1.78 bits per heavy atom. The van der Waals surface area contributed by atoms with E-state index in [9.17, 15) is 14.9 Å². The molecule has 0 aromatic rings. The second kappa shape index (κ2) is 3.59. The van der Waals surface area contributed by atoms with Crippen LogP contribution < -0.4 is 5.73 Å². The van der Waals surface area contributed by atoms with Crippen molar-refractivity contribution in [2.75, 3.05) is 0 Å². The van der Waals surface area contributed by atoms with Crippen LogP contribution in [0.4, 0.5) is 0 Å². The summed E-state index contributed by atoms with van der Waals surface area (Å²) in [6, 6.07) is 0. The maximum atomic E-state index is 9.93. The van der Waals surface area contributed by atoms with Gasteiger partial charge in [-0.1, -0.05) is 0 Å². The molecule has 0 aliphatic heterocycles. The summed E-state index contributed by atoms with van der Waals surface area (Å²) in [4.78, 5) is 18.8. The van der Waals surface area contributed by atoms with E-state index in [-0.39, 0.29) is 6.42 Å². The van der Waals surface area contributed by atoms with Gasteiger partial charge in [0.1, 0.15) is 0 Å². The van der Waals surface area contributed by atoms with Crippen molar-refractivity contribution in [3.05, 3.63) is 22.4 Å². The Kier molecular flexibility index (Phi) is 3.04. The van der Waals surface area contributed by atoms with Crippen LogP contribution in [0, 0.1) is 10.1 Å². The number of hydrogen-bond donors (Lipinski definition) is 1. The summed E-state index contributed by atoms with van der Waals surface area (Å²) >= 11 is 0. The van der Waals surface area contributed by atoms with Gasteiger partial charge in [-0.05, 0) is 6.08 Å². The highest BCUT2D eigenvalue weighted by Gasteiger charge is 1.89. The summed E-state index contributed by atoms with van der Waals surface area (Å²) in [5, 5.41) is 9.55. The first kappa shape index (κ1) is 7.61. The van der Waals surface area contributed by atoms with Gasteiger partial charge < -0.3 is 5.73 Å². The molecule has 0 unspecified atom stereocenters. The van der Waals surface area contributed by atoms with Gasteiger partial charge in [-0.25, -0.2) is 0 Å². The lowest BCUT2D eigenvalue weighted by molar-refractivity contribution is -0.402. The lowest BCUT2D eigenvalue weighted by atomic mass is 10.4. The van der Waals surface area contributed by atoms with E-state index in [2.05, 4.69) is 5.73 Å². The molecule has 0 saturated heterocycles. The highest BCUT2D eigenvalue weighted by molar-refractivity contribution is 5.75. The average molecular weight is 130 g/mol. The van der Waals surface area contributed by atoms with Crippen molar-refractivity contribution >= 4 is 5.91 Å². The third kappa shape index (κ3) is 6.61. The predicted octanol–water partition coefficient (Wildman–Crippen LogP) is -0.348. The molecular formula is C4H6N2O3. The van der Waals surface area contributed by atoms with Crippen molar-refractivity contribution in [1.82, 2.24) is 0 Å². The first-order chi connectivity index (χ1) is 4.13. The predicted molar refractivity (Wildman–Crippen MR) is 29.9 cm³/mol. The molecule has 0 aliphatic rings. The summed E-state index contributed by atoms with van der Waals surface area (Å²) in [7, 11) is 0. The molecule has 0 aliphatic carbocycles. The first-order valence-corrected chi connectivity index (χ1v) is 2.21. The Morgan fingerprint density at radius 3 is 2.67 bits per heavy atom. The third-order valence-corrected chi connectivity index (χ3v) is 0.546. The van der Waals surface area contributed by atoms with Crippen LogP contribution in [0.5, 0.6) is 0 Å². The van der Waals surface area contributed by atoms with Gasteiger partial charge in [0.25, 0.3) is 0 Å². The van der Waals surface area contributed by atoms with E-state index in [0.29, 0.717) is 6.20 Å². The summed E-state index contributed by atoms with van der Waals surface area (Å²) in [5.74, 6) is -0.576. The molecule has 50 valence electrons. The van der Waals surface area contributed by atoms with Gasteiger partial charge in [-0.3, -0.25) is 14.9 Å². The van der Waals surface area contributed by atoms with Gasteiger partial charge in [0.05, 0.1) is 11.3 Å². The highest BCUT2D eigenvalue weighted by atomic mass is 16.6. The zero-order chi connectivity index (χ0) is 7.28. The van der Waals surface area contributed by atoms with Crippen LogP contribution in [-0.4, -0.2) is 10.8 Å². The monoisotopic (exact) mass is 130 g/mol. The second-order valence-corrected chi connectivity index (χ2v) is 1.34. The lowest BCUT2D eigenvalue weighted by Crippen LogP contribution is -2.08. The fraction of sp³-hybridized carbons (Fsp3) is 0.250. The molecule has 0 fully saturated rings. The largest absolute Gasteiger partial charge is 0.369 e. The molecule has 0 heterocycles. The fourth-order valence-electron chi connectivity index (χ4n) is 0.255. The van der Waals surface area contributed by atoms with Gasteiger partial charge in [0.2, 0.25) is 12.1 Å². The Hall–Kier alpha value is -1.39. The summed E-state index contributed by atoms with van der Waals surface area (Å²) in [5.41, 5.74) is 4.67. The number of hydrogen-bond acceptors (Lipinski definition) is 3. The van der Waals surface area contributed by atoms with Crippen LogP contribution in [0.25, 0.3) is 0 Å². The van der Waals surface area contributed by atoms with Gasteiger partial charge in [0.15, 0.2) is 0 Å². The van der Waals surface area contributed by atoms with Crippen molar-refractivity contribution in [2.45, 2.75) is 6.42 Å². The number of rotatable bonds is 3. The SMILES string of the molecule is NC(=O)C/C=C\[N+](=O)[O-]. The minimum absolute atomic E-state index is 0.0824. The number of nitro groups is 1. The molecule has 0 atom stereocenters. The first-order valence-electron chi connectivity index (χ1n) is 2.21. The Morgan fingerprint density at radius 2 is 2.33 bits per heavy atom. The van der Waals surface area contributed by atoms with Gasteiger partial charge >= 0.3 is 0 Å². The number of primary amides is 1. The zero-order valence-electron chi connectivity index (χ0n) is 4.61. The number of nitrogens with two attached hydrogens (primary N) is 1. The molecular weight excluding hydrogens is 124 g/mol. The molecule has 5 heteroatoms. The quantitative estimate of drug-likeness (QED) is 0.418. The van der Waals surface area contributed by atoms with Gasteiger partial charge in [0, 0.05) is 0 Å². The molecule has 0 saturated carbocycles. The minimum atomic E-state index is -0.650.